The van der Waals surface area contributed by atoms with Gasteiger partial charge < -0.3 is 19.6 Å². The lowest BCUT2D eigenvalue weighted by atomic mass is 10.2. The van der Waals surface area contributed by atoms with E-state index in [4.69, 9.17) is 0 Å². The van der Waals surface area contributed by atoms with E-state index in [-0.39, 0.29) is 5.91 Å². The SMILES string of the molecule is CN1CCN(C(=O)c2cc(N(C)C)nc(N(C)C)n2)CC1. The lowest BCUT2D eigenvalue weighted by Crippen LogP contribution is -2.47. The molecule has 1 aliphatic rings. The maximum Gasteiger partial charge on any atom is 0.272 e. The van der Waals surface area contributed by atoms with Gasteiger partial charge in [0.25, 0.3) is 5.91 Å². The van der Waals surface area contributed by atoms with Crippen molar-refractivity contribution in [1.82, 2.24) is 19.8 Å². The molecule has 0 aromatic carbocycles. The van der Waals surface area contributed by atoms with Crippen LogP contribution in [0, 0.1) is 0 Å². The summed E-state index contributed by atoms with van der Waals surface area (Å²) >= 11 is 0. The highest BCUT2D eigenvalue weighted by Gasteiger charge is 2.23. The Hall–Kier alpha value is -1.89. The van der Waals surface area contributed by atoms with Gasteiger partial charge in [0, 0.05) is 60.4 Å². The predicted molar refractivity (Wildman–Crippen MR) is 84.1 cm³/mol. The molecule has 1 aromatic heterocycles. The molecule has 2 heterocycles. The Labute approximate surface area is 126 Å². The van der Waals surface area contributed by atoms with Gasteiger partial charge in [-0.15, -0.1) is 0 Å². The average molecular weight is 292 g/mol. The lowest BCUT2D eigenvalue weighted by molar-refractivity contribution is 0.0658. The fourth-order valence-corrected chi connectivity index (χ4v) is 2.13. The van der Waals surface area contributed by atoms with Gasteiger partial charge in [-0.2, -0.15) is 4.98 Å². The largest absolute Gasteiger partial charge is 0.363 e. The van der Waals surface area contributed by atoms with E-state index in [0.717, 1.165) is 32.0 Å². The van der Waals surface area contributed by atoms with E-state index >= 15 is 0 Å². The van der Waals surface area contributed by atoms with Crippen LogP contribution in [0.1, 0.15) is 10.5 Å². The fourth-order valence-electron chi connectivity index (χ4n) is 2.13. The zero-order valence-corrected chi connectivity index (χ0v) is 13.5. The van der Waals surface area contributed by atoms with Crippen molar-refractivity contribution in [3.8, 4) is 0 Å². The molecule has 2 rings (SSSR count). The number of carbonyl (C=O) groups is 1. The highest BCUT2D eigenvalue weighted by molar-refractivity contribution is 5.93. The van der Waals surface area contributed by atoms with Gasteiger partial charge in [-0.05, 0) is 7.05 Å². The van der Waals surface area contributed by atoms with Gasteiger partial charge in [-0.3, -0.25) is 4.79 Å². The average Bonchev–Trinajstić information content (AvgIpc) is 2.46. The van der Waals surface area contributed by atoms with E-state index in [1.165, 1.54) is 0 Å². The van der Waals surface area contributed by atoms with Crippen molar-refractivity contribution in [1.29, 1.82) is 0 Å². The molecule has 7 heteroatoms. The number of piperazine rings is 1. The maximum absolute atomic E-state index is 12.6. The molecular weight excluding hydrogens is 268 g/mol. The molecule has 1 amide bonds. The molecule has 1 saturated heterocycles. The maximum atomic E-state index is 12.6. The first kappa shape index (κ1) is 15.5. The van der Waals surface area contributed by atoms with Crippen molar-refractivity contribution in [2.75, 3.05) is 71.2 Å². The fraction of sp³-hybridized carbons (Fsp3) is 0.643. The minimum Gasteiger partial charge on any atom is -0.363 e. The topological polar surface area (TPSA) is 55.8 Å². The zero-order valence-electron chi connectivity index (χ0n) is 13.5. The number of hydrogen-bond acceptors (Lipinski definition) is 6. The summed E-state index contributed by atoms with van der Waals surface area (Å²) in [5.74, 6) is 1.28. The quantitative estimate of drug-likeness (QED) is 0.781. The molecule has 7 nitrogen and oxygen atoms in total. The molecule has 21 heavy (non-hydrogen) atoms. The molecule has 0 unspecified atom stereocenters. The van der Waals surface area contributed by atoms with Crippen LogP contribution in [0.5, 0.6) is 0 Å². The zero-order chi connectivity index (χ0) is 15.6. The summed E-state index contributed by atoms with van der Waals surface area (Å²) in [7, 11) is 9.64. The number of nitrogens with zero attached hydrogens (tertiary/aromatic N) is 6. The third-order valence-corrected chi connectivity index (χ3v) is 3.57. The third-order valence-electron chi connectivity index (χ3n) is 3.57. The molecule has 0 bridgehead atoms. The molecule has 1 aromatic rings. The standard InChI is InChI=1S/C14H24N6O/c1-17(2)12-10-11(15-14(16-12)18(3)4)13(21)20-8-6-19(5)7-9-20/h10H,6-9H2,1-5H3. The number of aromatic nitrogens is 2. The van der Waals surface area contributed by atoms with Crippen LogP contribution in [0.4, 0.5) is 11.8 Å². The predicted octanol–water partition coefficient (Wildman–Crippen LogP) is -0.00380. The first-order chi connectivity index (χ1) is 9.88. The second-order valence-corrected chi connectivity index (χ2v) is 5.80. The van der Waals surface area contributed by atoms with Crippen LogP contribution in [-0.4, -0.2) is 87.1 Å². The normalized spacial score (nSPS) is 16.0. The number of amides is 1. The minimum absolute atomic E-state index is 0.0169. The Kier molecular flexibility index (Phi) is 4.62. The Bertz CT molecular complexity index is 482. The van der Waals surface area contributed by atoms with Crippen molar-refractivity contribution in [2.24, 2.45) is 0 Å². The molecule has 1 fully saturated rings. The first-order valence-corrected chi connectivity index (χ1v) is 7.10. The first-order valence-electron chi connectivity index (χ1n) is 7.10. The Morgan fingerprint density at radius 2 is 1.67 bits per heavy atom. The van der Waals surface area contributed by atoms with Crippen molar-refractivity contribution < 1.29 is 4.79 Å². The van der Waals surface area contributed by atoms with Gasteiger partial charge in [0.1, 0.15) is 11.5 Å². The second kappa shape index (κ2) is 6.26. The lowest BCUT2D eigenvalue weighted by Gasteiger charge is -2.32. The van der Waals surface area contributed by atoms with E-state index in [0.29, 0.717) is 11.6 Å². The minimum atomic E-state index is -0.0169. The second-order valence-electron chi connectivity index (χ2n) is 5.80. The van der Waals surface area contributed by atoms with Crippen molar-refractivity contribution in [3.63, 3.8) is 0 Å². The Balaban J connectivity index is 2.27. The number of anilines is 2. The van der Waals surface area contributed by atoms with E-state index in [9.17, 15) is 4.79 Å². The number of likely N-dealkylation sites (N-methyl/N-ethyl adjacent to an activating group) is 1. The van der Waals surface area contributed by atoms with Crippen LogP contribution in [0.2, 0.25) is 0 Å². The monoisotopic (exact) mass is 292 g/mol. The number of rotatable bonds is 3. The molecule has 0 radical (unpaired) electrons. The molecule has 0 atom stereocenters. The van der Waals surface area contributed by atoms with Crippen molar-refractivity contribution in [2.45, 2.75) is 0 Å². The molecular formula is C14H24N6O. The molecule has 116 valence electrons. The highest BCUT2D eigenvalue weighted by Crippen LogP contribution is 2.16. The van der Waals surface area contributed by atoms with Crippen LogP contribution in [0.15, 0.2) is 6.07 Å². The molecule has 0 saturated carbocycles. The third kappa shape index (κ3) is 3.60. The van der Waals surface area contributed by atoms with Crippen molar-refractivity contribution >= 4 is 17.7 Å². The van der Waals surface area contributed by atoms with Gasteiger partial charge in [-0.1, -0.05) is 0 Å². The van der Waals surface area contributed by atoms with Crippen LogP contribution in [0.25, 0.3) is 0 Å². The molecule has 0 spiro atoms. The van der Waals surface area contributed by atoms with E-state index in [1.54, 1.807) is 6.07 Å². The number of carbonyl (C=O) groups excluding carboxylic acids is 1. The summed E-state index contributed by atoms with van der Waals surface area (Å²) < 4.78 is 0. The summed E-state index contributed by atoms with van der Waals surface area (Å²) in [4.78, 5) is 29.2. The Morgan fingerprint density at radius 1 is 1.05 bits per heavy atom. The van der Waals surface area contributed by atoms with Gasteiger partial charge in [0.05, 0.1) is 0 Å². The van der Waals surface area contributed by atoms with E-state index in [2.05, 4.69) is 21.9 Å². The van der Waals surface area contributed by atoms with Gasteiger partial charge in [-0.25, -0.2) is 4.98 Å². The van der Waals surface area contributed by atoms with Gasteiger partial charge in [0.2, 0.25) is 5.95 Å². The van der Waals surface area contributed by atoms with Crippen LogP contribution in [0.3, 0.4) is 0 Å². The summed E-state index contributed by atoms with van der Waals surface area (Å²) in [6.07, 6.45) is 0. The summed E-state index contributed by atoms with van der Waals surface area (Å²) in [6.45, 7) is 3.29. The molecule has 0 aliphatic carbocycles. The van der Waals surface area contributed by atoms with E-state index in [1.807, 2.05) is 42.9 Å². The highest BCUT2D eigenvalue weighted by atomic mass is 16.2. The van der Waals surface area contributed by atoms with Crippen LogP contribution >= 0.6 is 0 Å². The summed E-state index contributed by atoms with van der Waals surface area (Å²) in [5, 5.41) is 0. The van der Waals surface area contributed by atoms with Crippen molar-refractivity contribution in [3.05, 3.63) is 11.8 Å². The summed E-state index contributed by atoms with van der Waals surface area (Å²) in [6, 6.07) is 1.76. The Morgan fingerprint density at radius 3 is 2.19 bits per heavy atom. The number of hydrogen-bond donors (Lipinski definition) is 0. The van der Waals surface area contributed by atoms with Crippen LogP contribution < -0.4 is 9.80 Å². The summed E-state index contributed by atoms with van der Waals surface area (Å²) in [5.41, 5.74) is 0.460. The molecule has 0 N–H and O–H groups in total. The molecule has 1 aliphatic heterocycles. The van der Waals surface area contributed by atoms with Crippen LogP contribution in [-0.2, 0) is 0 Å². The van der Waals surface area contributed by atoms with Gasteiger partial charge in [0.15, 0.2) is 0 Å². The van der Waals surface area contributed by atoms with E-state index < -0.39 is 0 Å². The smallest absolute Gasteiger partial charge is 0.272 e. The van der Waals surface area contributed by atoms with Gasteiger partial charge >= 0.3 is 0 Å².